The van der Waals surface area contributed by atoms with Gasteiger partial charge in [0.15, 0.2) is 0 Å². The van der Waals surface area contributed by atoms with E-state index in [1.807, 2.05) is 35.8 Å². The molecule has 6 heteroatoms. The molecule has 6 nitrogen and oxygen atoms in total. The molecule has 2 aliphatic rings. The second-order valence-corrected chi connectivity index (χ2v) is 10.1. The van der Waals surface area contributed by atoms with Gasteiger partial charge in [-0.2, -0.15) is 0 Å². The lowest BCUT2D eigenvalue weighted by atomic mass is 9.78. The Morgan fingerprint density at radius 1 is 0.697 bits per heavy atom. The second kappa shape index (κ2) is 9.08. The third kappa shape index (κ3) is 5.00. The Morgan fingerprint density at radius 3 is 1.91 bits per heavy atom. The Morgan fingerprint density at radius 2 is 1.24 bits per heavy atom. The molecular weight excluding hydrogens is 412 g/mol. The van der Waals surface area contributed by atoms with Crippen LogP contribution in [0, 0.1) is 40.0 Å². The van der Waals surface area contributed by atoms with E-state index in [1.54, 1.807) is 0 Å². The van der Waals surface area contributed by atoms with Crippen LogP contribution in [0.2, 0.25) is 0 Å². The third-order valence-electron chi connectivity index (χ3n) is 7.54. The second-order valence-electron chi connectivity index (χ2n) is 10.1. The number of rotatable bonds is 2. The first-order chi connectivity index (χ1) is 15.7. The summed E-state index contributed by atoms with van der Waals surface area (Å²) in [7, 11) is 0. The van der Waals surface area contributed by atoms with Crippen LogP contribution >= 0.6 is 0 Å². The number of carbonyl (C=O) groups excluding carboxylic acids is 2. The molecule has 0 aromatic heterocycles. The van der Waals surface area contributed by atoms with Crippen molar-refractivity contribution in [3.63, 3.8) is 0 Å². The summed E-state index contributed by atoms with van der Waals surface area (Å²) in [6.07, 6.45) is 2.86. The predicted molar refractivity (Wildman–Crippen MR) is 134 cm³/mol. The van der Waals surface area contributed by atoms with E-state index in [0.29, 0.717) is 0 Å². The highest BCUT2D eigenvalue weighted by atomic mass is 16.2. The van der Waals surface area contributed by atoms with Gasteiger partial charge in [-0.3, -0.25) is 0 Å². The van der Waals surface area contributed by atoms with Crippen molar-refractivity contribution in [3.05, 3.63) is 58.1 Å². The average Bonchev–Trinajstić information content (AvgIpc) is 3.18. The minimum absolute atomic E-state index is 0.0201. The van der Waals surface area contributed by atoms with Crippen LogP contribution in [-0.4, -0.2) is 48.0 Å². The Kier molecular flexibility index (Phi) is 6.37. The van der Waals surface area contributed by atoms with Gasteiger partial charge in [0, 0.05) is 37.6 Å². The molecule has 2 N–H and O–H groups in total. The zero-order chi connectivity index (χ0) is 23.8. The smallest absolute Gasteiger partial charge is 0.321 e. The van der Waals surface area contributed by atoms with Gasteiger partial charge in [-0.25, -0.2) is 9.59 Å². The topological polar surface area (TPSA) is 64.7 Å². The molecule has 2 saturated heterocycles. The minimum Gasteiger partial charge on any atom is -0.324 e. The largest absolute Gasteiger partial charge is 0.324 e. The van der Waals surface area contributed by atoms with E-state index >= 15 is 0 Å². The zero-order valence-corrected chi connectivity index (χ0v) is 20.5. The number of likely N-dealkylation sites (tertiary alicyclic amines) is 2. The summed E-state index contributed by atoms with van der Waals surface area (Å²) in [5, 5.41) is 6.18. The maximum atomic E-state index is 13.0. The van der Waals surface area contributed by atoms with E-state index in [9.17, 15) is 9.59 Å². The molecule has 1 spiro atoms. The molecule has 4 rings (SSSR count). The van der Waals surface area contributed by atoms with Crippen LogP contribution in [0.25, 0.3) is 0 Å². The molecule has 33 heavy (non-hydrogen) atoms. The monoisotopic (exact) mass is 448 g/mol. The van der Waals surface area contributed by atoms with Crippen molar-refractivity contribution in [1.82, 2.24) is 9.80 Å². The molecule has 0 bridgehead atoms. The lowest BCUT2D eigenvalue weighted by Crippen LogP contribution is -2.46. The quantitative estimate of drug-likeness (QED) is 0.612. The standard InChI is InChI=1S/C27H36N4O2/c1-18-6-7-23(21(4)14-18)28-25(32)30-11-8-27(9-12-30)10-13-31(17-27)26(33)29-24-16-20(3)19(2)15-22(24)5/h6-7,14-16H,8-13,17H2,1-5H3,(H,28,32)(H,29,33). The number of hydrogen-bond donors (Lipinski definition) is 2. The fraction of sp³-hybridized carbons (Fsp3) is 0.481. The summed E-state index contributed by atoms with van der Waals surface area (Å²) in [5.41, 5.74) is 7.65. The van der Waals surface area contributed by atoms with Crippen molar-refractivity contribution >= 4 is 23.4 Å². The minimum atomic E-state index is -0.0328. The fourth-order valence-electron chi connectivity index (χ4n) is 5.14. The maximum absolute atomic E-state index is 13.0. The molecule has 0 unspecified atom stereocenters. The Hall–Kier alpha value is -3.02. The van der Waals surface area contributed by atoms with E-state index < -0.39 is 0 Å². The van der Waals surface area contributed by atoms with Gasteiger partial charge in [-0.1, -0.05) is 23.8 Å². The first-order valence-corrected chi connectivity index (χ1v) is 11.9. The van der Waals surface area contributed by atoms with Gasteiger partial charge in [0.25, 0.3) is 0 Å². The van der Waals surface area contributed by atoms with Crippen molar-refractivity contribution in [1.29, 1.82) is 0 Å². The van der Waals surface area contributed by atoms with Crippen LogP contribution in [0.3, 0.4) is 0 Å². The lowest BCUT2D eigenvalue weighted by molar-refractivity contribution is 0.128. The molecule has 4 amide bonds. The summed E-state index contributed by atoms with van der Waals surface area (Å²) in [6, 6.07) is 10.2. The summed E-state index contributed by atoms with van der Waals surface area (Å²) in [6.45, 7) is 13.2. The predicted octanol–water partition coefficient (Wildman–Crippen LogP) is 5.78. The van der Waals surface area contributed by atoms with E-state index in [-0.39, 0.29) is 17.5 Å². The Balaban J connectivity index is 1.32. The van der Waals surface area contributed by atoms with Crippen molar-refractivity contribution in [2.24, 2.45) is 5.41 Å². The average molecular weight is 449 g/mol. The van der Waals surface area contributed by atoms with E-state index in [0.717, 1.165) is 67.9 Å². The zero-order valence-electron chi connectivity index (χ0n) is 20.5. The molecule has 0 saturated carbocycles. The summed E-state index contributed by atoms with van der Waals surface area (Å²) >= 11 is 0. The SMILES string of the molecule is Cc1ccc(NC(=O)N2CCC3(CC2)CCN(C(=O)Nc2cc(C)c(C)cc2C)C3)c(C)c1. The van der Waals surface area contributed by atoms with Crippen molar-refractivity contribution in [2.75, 3.05) is 36.8 Å². The lowest BCUT2D eigenvalue weighted by Gasteiger charge is -2.39. The molecule has 0 aliphatic carbocycles. The molecule has 2 aromatic carbocycles. The number of benzene rings is 2. The molecule has 0 radical (unpaired) electrons. The Labute approximate surface area is 197 Å². The van der Waals surface area contributed by atoms with E-state index in [1.165, 1.54) is 16.7 Å². The van der Waals surface area contributed by atoms with E-state index in [4.69, 9.17) is 0 Å². The molecule has 2 heterocycles. The number of hydrogen-bond acceptors (Lipinski definition) is 2. The van der Waals surface area contributed by atoms with Crippen LogP contribution in [-0.2, 0) is 0 Å². The van der Waals surface area contributed by atoms with Gasteiger partial charge in [-0.15, -0.1) is 0 Å². The highest BCUT2D eigenvalue weighted by Gasteiger charge is 2.42. The third-order valence-corrected chi connectivity index (χ3v) is 7.54. The number of anilines is 2. The van der Waals surface area contributed by atoms with Crippen molar-refractivity contribution < 1.29 is 9.59 Å². The number of nitrogens with one attached hydrogen (secondary N) is 2. The Bertz CT molecular complexity index is 1070. The van der Waals surface area contributed by atoms with Crippen LogP contribution < -0.4 is 10.6 Å². The van der Waals surface area contributed by atoms with Gasteiger partial charge in [0.05, 0.1) is 0 Å². The summed E-state index contributed by atoms with van der Waals surface area (Å²) in [5.74, 6) is 0. The number of nitrogens with zero attached hydrogens (tertiary/aromatic N) is 2. The van der Waals surface area contributed by atoms with Crippen LogP contribution in [0.15, 0.2) is 30.3 Å². The number of aryl methyl sites for hydroxylation is 5. The molecule has 2 aromatic rings. The van der Waals surface area contributed by atoms with Crippen LogP contribution in [0.4, 0.5) is 21.0 Å². The molecular formula is C27H36N4O2. The number of piperidine rings is 1. The molecule has 0 atom stereocenters. The highest BCUT2D eigenvalue weighted by molar-refractivity contribution is 5.91. The fourth-order valence-corrected chi connectivity index (χ4v) is 5.14. The first kappa shape index (κ1) is 23.1. The summed E-state index contributed by atoms with van der Waals surface area (Å²) < 4.78 is 0. The number of carbonyl (C=O) groups is 2. The molecule has 2 aliphatic heterocycles. The van der Waals surface area contributed by atoms with Gasteiger partial charge < -0.3 is 20.4 Å². The van der Waals surface area contributed by atoms with Crippen molar-refractivity contribution in [3.8, 4) is 0 Å². The number of urea groups is 2. The molecule has 176 valence electrons. The van der Waals surface area contributed by atoms with Gasteiger partial charge in [0.1, 0.15) is 0 Å². The van der Waals surface area contributed by atoms with Crippen LogP contribution in [0.5, 0.6) is 0 Å². The van der Waals surface area contributed by atoms with Crippen LogP contribution in [0.1, 0.15) is 47.1 Å². The summed E-state index contributed by atoms with van der Waals surface area (Å²) in [4.78, 5) is 29.6. The van der Waals surface area contributed by atoms with Crippen molar-refractivity contribution in [2.45, 2.75) is 53.9 Å². The van der Waals surface area contributed by atoms with Gasteiger partial charge >= 0.3 is 12.1 Å². The van der Waals surface area contributed by atoms with E-state index in [2.05, 4.69) is 49.6 Å². The molecule has 2 fully saturated rings. The maximum Gasteiger partial charge on any atom is 0.321 e. The number of amides is 4. The highest BCUT2D eigenvalue weighted by Crippen LogP contribution is 2.40. The first-order valence-electron chi connectivity index (χ1n) is 11.9. The van der Waals surface area contributed by atoms with Gasteiger partial charge in [0.2, 0.25) is 0 Å². The van der Waals surface area contributed by atoms with Gasteiger partial charge in [-0.05, 0) is 93.7 Å². The normalized spacial score (nSPS) is 17.4.